The van der Waals surface area contributed by atoms with Crippen molar-refractivity contribution in [2.75, 3.05) is 5.32 Å². The van der Waals surface area contributed by atoms with Crippen molar-refractivity contribution in [3.8, 4) is 22.3 Å². The van der Waals surface area contributed by atoms with Crippen LogP contribution in [-0.2, 0) is 7.05 Å². The Kier molecular flexibility index (Phi) is 7.32. The molecule has 0 amide bonds. The third-order valence-corrected chi connectivity index (χ3v) is 7.61. The second kappa shape index (κ2) is 11.5. The number of hydrogen-bond acceptors (Lipinski definition) is 1. The molecule has 2 nitrogen and oxygen atoms in total. The number of nitrogens with one attached hydrogen (secondary N) is 1. The summed E-state index contributed by atoms with van der Waals surface area (Å²) in [5.41, 5.74) is 9.62. The third kappa shape index (κ3) is 5.48. The van der Waals surface area contributed by atoms with Gasteiger partial charge in [0.2, 0.25) is 0 Å². The van der Waals surface area contributed by atoms with Crippen LogP contribution in [0.1, 0.15) is 13.3 Å². The quantitative estimate of drug-likeness (QED) is 0.246. The van der Waals surface area contributed by atoms with Crippen LogP contribution in [0.4, 0.5) is 11.4 Å². The van der Waals surface area contributed by atoms with Gasteiger partial charge < -0.3 is 9.88 Å². The van der Waals surface area contributed by atoms with Crippen LogP contribution < -0.4 is 5.32 Å². The Morgan fingerprint density at radius 1 is 0.575 bits per heavy atom. The number of hydrogen-bond donors (Lipinski definition) is 1. The fourth-order valence-corrected chi connectivity index (χ4v) is 5.34. The van der Waals surface area contributed by atoms with Gasteiger partial charge in [0.1, 0.15) is 0 Å². The molecule has 0 aliphatic heterocycles. The van der Waals surface area contributed by atoms with E-state index >= 15 is 0 Å². The summed E-state index contributed by atoms with van der Waals surface area (Å²) >= 11 is 0. The van der Waals surface area contributed by atoms with Crippen molar-refractivity contribution < 1.29 is 0 Å². The van der Waals surface area contributed by atoms with Gasteiger partial charge in [-0.1, -0.05) is 110 Å². The average molecular weight is 519 g/mol. The number of rotatable bonds is 4. The predicted octanol–water partition coefficient (Wildman–Crippen LogP) is 10.5. The van der Waals surface area contributed by atoms with Crippen molar-refractivity contribution >= 4 is 33.2 Å². The standard InChI is InChI=1S/C31H24N2.C7H10/c1-33-30-10-6-5-9-28(30)29-21-25(17-20-31(29)33)24-13-11-22(12-14-24)23-15-18-27(19-16-23)32-26-7-3-2-4-8-26;1-7-5-3-2-4-6-7/h2-21,32H,1H3;2-5,7H,6H2,1H3. The van der Waals surface area contributed by atoms with Crippen molar-refractivity contribution in [3.05, 3.63) is 146 Å². The van der Waals surface area contributed by atoms with E-state index in [4.69, 9.17) is 0 Å². The zero-order valence-corrected chi connectivity index (χ0v) is 23.1. The smallest absolute Gasteiger partial charge is 0.0489 e. The summed E-state index contributed by atoms with van der Waals surface area (Å²) in [4.78, 5) is 0. The highest BCUT2D eigenvalue weighted by molar-refractivity contribution is 6.09. The Bertz CT molecular complexity index is 1790. The SMILES string of the molecule is CC1C=CC=CC1.Cn1c2ccccc2c2cc(-c3ccc(-c4ccc(Nc5ccccc5)cc4)cc3)ccc21. The maximum absolute atomic E-state index is 3.44. The topological polar surface area (TPSA) is 17.0 Å². The van der Waals surface area contributed by atoms with Crippen LogP contribution in [0, 0.1) is 5.92 Å². The minimum absolute atomic E-state index is 0.769. The van der Waals surface area contributed by atoms with Crippen LogP contribution in [0.15, 0.2) is 146 Å². The molecule has 0 radical (unpaired) electrons. The second-order valence-electron chi connectivity index (χ2n) is 10.5. The van der Waals surface area contributed by atoms with Gasteiger partial charge in [-0.25, -0.2) is 0 Å². The number of benzene rings is 5. The molecule has 0 bridgehead atoms. The molecular formula is C38H34N2. The molecule has 0 spiro atoms. The first-order chi connectivity index (χ1) is 19.7. The van der Waals surface area contributed by atoms with Gasteiger partial charge in [0.05, 0.1) is 0 Å². The fourth-order valence-electron chi connectivity index (χ4n) is 5.34. The van der Waals surface area contributed by atoms with Crippen molar-refractivity contribution in [1.82, 2.24) is 4.57 Å². The number of para-hydroxylation sites is 2. The molecule has 7 rings (SSSR count). The molecule has 6 aromatic rings. The lowest BCUT2D eigenvalue weighted by Crippen LogP contribution is -1.89. The molecular weight excluding hydrogens is 484 g/mol. The first-order valence-electron chi connectivity index (χ1n) is 14.0. The van der Waals surface area contributed by atoms with E-state index in [1.165, 1.54) is 50.5 Å². The van der Waals surface area contributed by atoms with Gasteiger partial charge in [-0.3, -0.25) is 0 Å². The first kappa shape index (κ1) is 25.5. The Morgan fingerprint density at radius 3 is 1.80 bits per heavy atom. The number of aromatic nitrogens is 1. The fraction of sp³-hybridized carbons (Fsp3) is 0.105. The van der Waals surface area contributed by atoms with Crippen LogP contribution in [-0.4, -0.2) is 4.57 Å². The minimum Gasteiger partial charge on any atom is -0.356 e. The lowest BCUT2D eigenvalue weighted by molar-refractivity contribution is 0.737. The summed E-state index contributed by atoms with van der Waals surface area (Å²) in [5, 5.41) is 6.05. The minimum atomic E-state index is 0.769. The van der Waals surface area contributed by atoms with Crippen molar-refractivity contribution in [2.24, 2.45) is 13.0 Å². The van der Waals surface area contributed by atoms with E-state index in [1.54, 1.807) is 0 Å². The van der Waals surface area contributed by atoms with E-state index in [9.17, 15) is 0 Å². The van der Waals surface area contributed by atoms with Gasteiger partial charge in [-0.2, -0.15) is 0 Å². The zero-order chi connectivity index (χ0) is 27.3. The third-order valence-electron chi connectivity index (χ3n) is 7.61. The van der Waals surface area contributed by atoms with E-state index in [0.29, 0.717) is 0 Å². The molecule has 5 aromatic carbocycles. The summed E-state index contributed by atoms with van der Waals surface area (Å²) in [6.07, 6.45) is 9.84. The Labute approximate surface area is 236 Å². The van der Waals surface area contributed by atoms with Crippen LogP contribution >= 0.6 is 0 Å². The number of anilines is 2. The Morgan fingerprint density at radius 2 is 1.15 bits per heavy atom. The molecule has 1 unspecified atom stereocenters. The van der Waals surface area contributed by atoms with E-state index in [1.807, 2.05) is 18.2 Å². The first-order valence-corrected chi connectivity index (χ1v) is 14.0. The highest BCUT2D eigenvalue weighted by Crippen LogP contribution is 2.33. The lowest BCUT2D eigenvalue weighted by Gasteiger charge is -2.09. The van der Waals surface area contributed by atoms with E-state index in [0.717, 1.165) is 17.3 Å². The number of allylic oxidation sites excluding steroid dienone is 4. The van der Waals surface area contributed by atoms with Gasteiger partial charge in [-0.05, 0) is 77.1 Å². The van der Waals surface area contributed by atoms with E-state index in [2.05, 4.69) is 151 Å². The predicted molar refractivity (Wildman–Crippen MR) is 173 cm³/mol. The van der Waals surface area contributed by atoms with Crippen LogP contribution in [0.2, 0.25) is 0 Å². The number of fused-ring (bicyclic) bond motifs is 3. The number of aryl methyl sites for hydroxylation is 1. The summed E-state index contributed by atoms with van der Waals surface area (Å²) in [6, 6.07) is 43.1. The largest absolute Gasteiger partial charge is 0.356 e. The maximum Gasteiger partial charge on any atom is 0.0489 e. The molecule has 0 fully saturated rings. The molecule has 1 atom stereocenters. The van der Waals surface area contributed by atoms with Gasteiger partial charge in [-0.15, -0.1) is 0 Å². The van der Waals surface area contributed by atoms with Gasteiger partial charge in [0.15, 0.2) is 0 Å². The monoisotopic (exact) mass is 518 g/mol. The summed E-state index contributed by atoms with van der Waals surface area (Å²) < 4.78 is 2.27. The zero-order valence-electron chi connectivity index (χ0n) is 23.1. The summed E-state index contributed by atoms with van der Waals surface area (Å²) in [5.74, 6) is 0.769. The maximum atomic E-state index is 3.44. The van der Waals surface area contributed by atoms with Crippen LogP contribution in [0.25, 0.3) is 44.1 Å². The van der Waals surface area contributed by atoms with Crippen molar-refractivity contribution in [1.29, 1.82) is 0 Å². The molecule has 40 heavy (non-hydrogen) atoms. The molecule has 1 aliphatic carbocycles. The molecule has 196 valence electrons. The highest BCUT2D eigenvalue weighted by Gasteiger charge is 2.09. The summed E-state index contributed by atoms with van der Waals surface area (Å²) in [7, 11) is 2.14. The normalized spacial score (nSPS) is 14.2. The van der Waals surface area contributed by atoms with Crippen LogP contribution in [0.5, 0.6) is 0 Å². The Balaban J connectivity index is 0.000000363. The van der Waals surface area contributed by atoms with Crippen molar-refractivity contribution in [2.45, 2.75) is 13.3 Å². The second-order valence-corrected chi connectivity index (χ2v) is 10.5. The molecule has 1 aromatic heterocycles. The van der Waals surface area contributed by atoms with Gasteiger partial charge in [0, 0.05) is 40.2 Å². The number of nitrogens with zero attached hydrogens (tertiary/aromatic N) is 1. The molecule has 1 aliphatic rings. The average Bonchev–Trinajstić information content (AvgIpc) is 3.30. The van der Waals surface area contributed by atoms with Gasteiger partial charge in [0.25, 0.3) is 0 Å². The van der Waals surface area contributed by atoms with Crippen molar-refractivity contribution in [3.63, 3.8) is 0 Å². The Hall–Kier alpha value is -4.82. The molecule has 2 heteroatoms. The van der Waals surface area contributed by atoms with Crippen LogP contribution in [0.3, 0.4) is 0 Å². The van der Waals surface area contributed by atoms with E-state index in [-0.39, 0.29) is 0 Å². The summed E-state index contributed by atoms with van der Waals surface area (Å²) in [6.45, 7) is 2.22. The molecule has 0 saturated carbocycles. The van der Waals surface area contributed by atoms with Gasteiger partial charge >= 0.3 is 0 Å². The molecule has 0 saturated heterocycles. The molecule has 1 heterocycles. The van der Waals surface area contributed by atoms with E-state index < -0.39 is 0 Å². The molecule has 1 N–H and O–H groups in total. The highest BCUT2D eigenvalue weighted by atomic mass is 14.9. The lowest BCUT2D eigenvalue weighted by atomic mass is 9.99.